The van der Waals surface area contributed by atoms with Gasteiger partial charge in [0.2, 0.25) is 5.13 Å². The van der Waals surface area contributed by atoms with Gasteiger partial charge in [0.15, 0.2) is 6.61 Å². The number of para-hydroxylation sites is 1. The number of carbonyl (C=O) groups excluding carboxylic acids is 1. The van der Waals surface area contributed by atoms with Crippen LogP contribution in [-0.2, 0) is 4.79 Å². The SMILES string of the molecule is O=C(COc1ccccc1)Nc1nnc(-c2ccc(Br)cc2)s1. The van der Waals surface area contributed by atoms with E-state index in [4.69, 9.17) is 4.74 Å². The van der Waals surface area contributed by atoms with Crippen molar-refractivity contribution in [2.24, 2.45) is 0 Å². The van der Waals surface area contributed by atoms with Gasteiger partial charge in [-0.2, -0.15) is 0 Å². The summed E-state index contributed by atoms with van der Waals surface area (Å²) in [5.41, 5.74) is 0.951. The number of anilines is 1. The van der Waals surface area contributed by atoms with Crippen molar-refractivity contribution in [3.05, 3.63) is 59.1 Å². The van der Waals surface area contributed by atoms with Crippen molar-refractivity contribution >= 4 is 38.3 Å². The van der Waals surface area contributed by atoms with Crippen LogP contribution in [0.15, 0.2) is 59.1 Å². The van der Waals surface area contributed by atoms with E-state index >= 15 is 0 Å². The number of hydrogen-bond donors (Lipinski definition) is 1. The number of aromatic nitrogens is 2. The molecule has 3 aromatic rings. The molecule has 1 heterocycles. The van der Waals surface area contributed by atoms with Crippen LogP contribution in [0.4, 0.5) is 5.13 Å². The van der Waals surface area contributed by atoms with E-state index in [0.717, 1.165) is 15.0 Å². The third kappa shape index (κ3) is 4.37. The number of carbonyl (C=O) groups is 1. The van der Waals surface area contributed by atoms with E-state index in [-0.39, 0.29) is 12.5 Å². The van der Waals surface area contributed by atoms with Gasteiger partial charge >= 0.3 is 0 Å². The lowest BCUT2D eigenvalue weighted by Crippen LogP contribution is -2.20. The van der Waals surface area contributed by atoms with E-state index in [2.05, 4.69) is 31.4 Å². The van der Waals surface area contributed by atoms with Crippen LogP contribution in [0.3, 0.4) is 0 Å². The first-order valence-electron chi connectivity index (χ1n) is 6.78. The Morgan fingerprint density at radius 2 is 1.83 bits per heavy atom. The lowest BCUT2D eigenvalue weighted by molar-refractivity contribution is -0.118. The number of halogens is 1. The fourth-order valence-corrected chi connectivity index (χ4v) is 2.83. The van der Waals surface area contributed by atoms with Crippen molar-refractivity contribution in [1.29, 1.82) is 0 Å². The van der Waals surface area contributed by atoms with Gasteiger partial charge in [0, 0.05) is 10.0 Å². The summed E-state index contributed by atoms with van der Waals surface area (Å²) in [5.74, 6) is 0.378. The molecular weight excluding hydrogens is 378 g/mol. The highest BCUT2D eigenvalue weighted by molar-refractivity contribution is 9.10. The van der Waals surface area contributed by atoms with Gasteiger partial charge in [-0.3, -0.25) is 10.1 Å². The lowest BCUT2D eigenvalue weighted by atomic mass is 10.2. The van der Waals surface area contributed by atoms with E-state index in [1.807, 2.05) is 42.5 Å². The zero-order valence-electron chi connectivity index (χ0n) is 11.9. The molecule has 0 aliphatic carbocycles. The number of rotatable bonds is 5. The van der Waals surface area contributed by atoms with Gasteiger partial charge in [-0.05, 0) is 24.3 Å². The molecule has 0 atom stereocenters. The summed E-state index contributed by atoms with van der Waals surface area (Å²) in [5, 5.41) is 11.9. The van der Waals surface area contributed by atoms with E-state index in [1.165, 1.54) is 11.3 Å². The van der Waals surface area contributed by atoms with Crippen molar-refractivity contribution in [2.75, 3.05) is 11.9 Å². The largest absolute Gasteiger partial charge is 0.484 e. The highest BCUT2D eigenvalue weighted by Crippen LogP contribution is 2.27. The third-order valence-corrected chi connectivity index (χ3v) is 4.29. The predicted octanol–water partition coefficient (Wildman–Crippen LogP) is 3.99. The first kappa shape index (κ1) is 15.6. The van der Waals surface area contributed by atoms with Crippen LogP contribution in [0.1, 0.15) is 0 Å². The van der Waals surface area contributed by atoms with Gasteiger partial charge in [0.25, 0.3) is 5.91 Å². The summed E-state index contributed by atoms with van der Waals surface area (Å²) < 4.78 is 6.38. The number of ether oxygens (including phenoxy) is 1. The summed E-state index contributed by atoms with van der Waals surface area (Å²) in [6, 6.07) is 16.9. The molecule has 1 amide bonds. The van der Waals surface area contributed by atoms with Crippen LogP contribution < -0.4 is 10.1 Å². The van der Waals surface area contributed by atoms with Crippen molar-refractivity contribution in [3.63, 3.8) is 0 Å². The molecule has 2 aromatic carbocycles. The van der Waals surface area contributed by atoms with Crippen molar-refractivity contribution in [2.45, 2.75) is 0 Å². The number of nitrogens with one attached hydrogen (secondary N) is 1. The Kier molecular flexibility index (Phi) is 4.99. The molecule has 0 radical (unpaired) electrons. The molecule has 116 valence electrons. The van der Waals surface area contributed by atoms with Gasteiger partial charge in [-0.1, -0.05) is 57.6 Å². The van der Waals surface area contributed by atoms with Gasteiger partial charge in [0.1, 0.15) is 10.8 Å². The summed E-state index contributed by atoms with van der Waals surface area (Å²) in [4.78, 5) is 11.9. The fourth-order valence-electron chi connectivity index (χ4n) is 1.80. The predicted molar refractivity (Wildman–Crippen MR) is 93.6 cm³/mol. The Morgan fingerprint density at radius 3 is 2.57 bits per heavy atom. The molecule has 0 saturated heterocycles. The zero-order valence-corrected chi connectivity index (χ0v) is 14.3. The smallest absolute Gasteiger partial charge is 0.264 e. The number of nitrogens with zero attached hydrogens (tertiary/aromatic N) is 2. The summed E-state index contributed by atoms with van der Waals surface area (Å²) in [6.07, 6.45) is 0. The fraction of sp³-hybridized carbons (Fsp3) is 0.0625. The molecular formula is C16H12BrN3O2S. The van der Waals surface area contributed by atoms with Gasteiger partial charge in [-0.25, -0.2) is 0 Å². The Hall–Kier alpha value is -2.25. The maximum absolute atomic E-state index is 11.9. The van der Waals surface area contributed by atoms with E-state index < -0.39 is 0 Å². The summed E-state index contributed by atoms with van der Waals surface area (Å²) in [7, 11) is 0. The molecule has 1 N–H and O–H groups in total. The Morgan fingerprint density at radius 1 is 1.09 bits per heavy atom. The van der Waals surface area contributed by atoms with Crippen LogP contribution >= 0.6 is 27.3 Å². The Balaban J connectivity index is 1.58. The van der Waals surface area contributed by atoms with E-state index in [9.17, 15) is 4.79 Å². The lowest BCUT2D eigenvalue weighted by Gasteiger charge is -2.04. The van der Waals surface area contributed by atoms with Crippen LogP contribution in [0.5, 0.6) is 5.75 Å². The van der Waals surface area contributed by atoms with Crippen molar-refractivity contribution in [3.8, 4) is 16.3 Å². The first-order valence-corrected chi connectivity index (χ1v) is 8.39. The topological polar surface area (TPSA) is 64.1 Å². The first-order chi connectivity index (χ1) is 11.2. The minimum Gasteiger partial charge on any atom is -0.484 e. The molecule has 0 bridgehead atoms. The van der Waals surface area contributed by atoms with Crippen LogP contribution in [0.2, 0.25) is 0 Å². The molecule has 7 heteroatoms. The quantitative estimate of drug-likeness (QED) is 0.716. The number of amides is 1. The van der Waals surface area contributed by atoms with Crippen LogP contribution in [-0.4, -0.2) is 22.7 Å². The van der Waals surface area contributed by atoms with Crippen molar-refractivity contribution < 1.29 is 9.53 Å². The average molecular weight is 390 g/mol. The van der Waals surface area contributed by atoms with Crippen LogP contribution in [0, 0.1) is 0 Å². The molecule has 0 spiro atoms. The highest BCUT2D eigenvalue weighted by Gasteiger charge is 2.10. The second kappa shape index (κ2) is 7.34. The molecule has 0 aliphatic rings. The molecule has 1 aromatic heterocycles. The average Bonchev–Trinajstić information content (AvgIpc) is 3.03. The minimum absolute atomic E-state index is 0.0722. The molecule has 23 heavy (non-hydrogen) atoms. The third-order valence-electron chi connectivity index (χ3n) is 2.88. The maximum atomic E-state index is 11.9. The van der Waals surface area contributed by atoms with Crippen LogP contribution in [0.25, 0.3) is 10.6 Å². The number of benzene rings is 2. The molecule has 0 unspecified atom stereocenters. The van der Waals surface area contributed by atoms with E-state index in [1.54, 1.807) is 12.1 Å². The standard InChI is InChI=1S/C16H12BrN3O2S/c17-12-8-6-11(7-9-12)15-19-20-16(23-15)18-14(21)10-22-13-4-2-1-3-5-13/h1-9H,10H2,(H,18,20,21). The molecule has 3 rings (SSSR count). The normalized spacial score (nSPS) is 10.3. The van der Waals surface area contributed by atoms with Gasteiger partial charge in [-0.15, -0.1) is 10.2 Å². The molecule has 0 fully saturated rings. The molecule has 5 nitrogen and oxygen atoms in total. The maximum Gasteiger partial charge on any atom is 0.264 e. The second-order valence-electron chi connectivity index (χ2n) is 4.57. The minimum atomic E-state index is -0.271. The molecule has 0 saturated carbocycles. The highest BCUT2D eigenvalue weighted by atomic mass is 79.9. The van der Waals surface area contributed by atoms with Gasteiger partial charge in [0.05, 0.1) is 0 Å². The van der Waals surface area contributed by atoms with E-state index in [0.29, 0.717) is 10.9 Å². The Bertz CT molecular complexity index is 791. The monoisotopic (exact) mass is 389 g/mol. The summed E-state index contributed by atoms with van der Waals surface area (Å²) in [6.45, 7) is -0.0722. The second-order valence-corrected chi connectivity index (χ2v) is 6.46. The van der Waals surface area contributed by atoms with Crippen molar-refractivity contribution in [1.82, 2.24) is 10.2 Å². The summed E-state index contributed by atoms with van der Waals surface area (Å²) >= 11 is 4.71. The molecule has 0 aliphatic heterocycles. The number of hydrogen-bond acceptors (Lipinski definition) is 5. The zero-order chi connectivity index (χ0) is 16.1. The van der Waals surface area contributed by atoms with Gasteiger partial charge < -0.3 is 4.74 Å². The Labute approximate surface area is 145 Å².